The molecule has 0 amide bonds. The van der Waals surface area contributed by atoms with Crippen molar-refractivity contribution in [3.8, 4) is 5.75 Å². The van der Waals surface area contributed by atoms with E-state index in [2.05, 4.69) is 36.5 Å². The van der Waals surface area contributed by atoms with Gasteiger partial charge in [-0.15, -0.1) is 0 Å². The Morgan fingerprint density at radius 3 is 2.52 bits per heavy atom. The molecule has 2 rings (SSSR count). The van der Waals surface area contributed by atoms with E-state index in [4.69, 9.17) is 9.84 Å². The van der Waals surface area contributed by atoms with Gasteiger partial charge in [0, 0.05) is 12.6 Å². The Morgan fingerprint density at radius 2 is 1.95 bits per heavy atom. The molecule has 1 aliphatic carbocycles. The summed E-state index contributed by atoms with van der Waals surface area (Å²) in [6, 6.07) is 9.12. The average Bonchev–Trinajstić information content (AvgIpc) is 2.46. The van der Waals surface area contributed by atoms with Crippen molar-refractivity contribution in [3.63, 3.8) is 0 Å². The normalized spacial score (nSPS) is 22.6. The van der Waals surface area contributed by atoms with Crippen molar-refractivity contribution < 1.29 is 9.84 Å². The Kier molecular flexibility index (Phi) is 6.52. The Hall–Kier alpha value is -1.06. The summed E-state index contributed by atoms with van der Waals surface area (Å²) in [5, 5.41) is 12.8. The zero-order valence-electron chi connectivity index (χ0n) is 13.3. The van der Waals surface area contributed by atoms with Gasteiger partial charge >= 0.3 is 0 Å². The van der Waals surface area contributed by atoms with E-state index in [1.807, 2.05) is 0 Å². The zero-order valence-corrected chi connectivity index (χ0v) is 13.3. The van der Waals surface area contributed by atoms with Gasteiger partial charge in [0.25, 0.3) is 0 Å². The third kappa shape index (κ3) is 4.72. The summed E-state index contributed by atoms with van der Waals surface area (Å²) in [7, 11) is 1.71. The average molecular weight is 291 g/mol. The first-order valence-electron chi connectivity index (χ1n) is 8.25. The Balaban J connectivity index is 1.70. The molecule has 0 saturated heterocycles. The minimum absolute atomic E-state index is 0.311. The predicted octanol–water partition coefficient (Wildman–Crippen LogP) is 3.33. The highest BCUT2D eigenvalue weighted by Crippen LogP contribution is 2.37. The van der Waals surface area contributed by atoms with Gasteiger partial charge in [-0.2, -0.15) is 0 Å². The van der Waals surface area contributed by atoms with Gasteiger partial charge in [0.15, 0.2) is 0 Å². The molecule has 2 N–H and O–H groups in total. The molecule has 1 atom stereocenters. The molecule has 118 valence electrons. The van der Waals surface area contributed by atoms with Crippen LogP contribution >= 0.6 is 0 Å². The van der Waals surface area contributed by atoms with Crippen LogP contribution in [0.15, 0.2) is 24.3 Å². The highest BCUT2D eigenvalue weighted by atomic mass is 16.5. The van der Waals surface area contributed by atoms with Crippen LogP contribution in [0.1, 0.15) is 50.5 Å². The van der Waals surface area contributed by atoms with E-state index in [0.717, 1.165) is 18.7 Å². The molecule has 0 aliphatic heterocycles. The second-order valence-corrected chi connectivity index (χ2v) is 6.21. The van der Waals surface area contributed by atoms with Crippen LogP contribution in [0, 0.1) is 5.92 Å². The van der Waals surface area contributed by atoms with Crippen LogP contribution in [-0.2, 0) is 0 Å². The smallest absolute Gasteiger partial charge is 0.118 e. The number of methoxy groups -OCH3 is 1. The van der Waals surface area contributed by atoms with Crippen molar-refractivity contribution in [1.82, 2.24) is 5.32 Å². The van der Waals surface area contributed by atoms with E-state index in [1.165, 1.54) is 31.2 Å². The number of benzene rings is 1. The van der Waals surface area contributed by atoms with Crippen LogP contribution in [0.4, 0.5) is 0 Å². The molecule has 3 nitrogen and oxygen atoms in total. The van der Waals surface area contributed by atoms with Crippen LogP contribution in [0.3, 0.4) is 0 Å². The first-order chi connectivity index (χ1) is 10.3. The van der Waals surface area contributed by atoms with Crippen molar-refractivity contribution in [2.24, 2.45) is 5.92 Å². The van der Waals surface area contributed by atoms with E-state index in [-0.39, 0.29) is 0 Å². The molecule has 1 unspecified atom stereocenters. The second kappa shape index (κ2) is 8.40. The second-order valence-electron chi connectivity index (χ2n) is 6.21. The van der Waals surface area contributed by atoms with Gasteiger partial charge in [-0.1, -0.05) is 25.5 Å². The number of aliphatic hydroxyl groups excluding tert-OH is 1. The van der Waals surface area contributed by atoms with Gasteiger partial charge < -0.3 is 15.2 Å². The Bertz CT molecular complexity index is 392. The monoisotopic (exact) mass is 291 g/mol. The number of hydrogen-bond donors (Lipinski definition) is 2. The van der Waals surface area contributed by atoms with Crippen molar-refractivity contribution in [3.05, 3.63) is 29.8 Å². The number of aliphatic hydroxyl groups is 1. The van der Waals surface area contributed by atoms with E-state index in [1.54, 1.807) is 7.11 Å². The van der Waals surface area contributed by atoms with E-state index < -0.39 is 0 Å². The van der Waals surface area contributed by atoms with Crippen LogP contribution in [0.5, 0.6) is 5.75 Å². The maximum absolute atomic E-state index is 9.10. The number of nitrogens with one attached hydrogen (secondary N) is 1. The minimum Gasteiger partial charge on any atom is -0.497 e. The maximum atomic E-state index is 9.10. The van der Waals surface area contributed by atoms with Crippen molar-refractivity contribution in [1.29, 1.82) is 0 Å². The van der Waals surface area contributed by atoms with Gasteiger partial charge in [-0.3, -0.25) is 0 Å². The number of rotatable bonds is 9. The summed E-state index contributed by atoms with van der Waals surface area (Å²) in [6.45, 7) is 3.58. The largest absolute Gasteiger partial charge is 0.497 e. The van der Waals surface area contributed by atoms with E-state index in [0.29, 0.717) is 24.5 Å². The molecular weight excluding hydrogens is 262 g/mol. The molecule has 1 aromatic rings. The minimum atomic E-state index is 0.311. The molecule has 1 fully saturated rings. The Labute approximate surface area is 128 Å². The summed E-state index contributed by atoms with van der Waals surface area (Å²) in [5.74, 6) is 2.25. The topological polar surface area (TPSA) is 41.5 Å². The first-order valence-corrected chi connectivity index (χ1v) is 8.25. The molecule has 3 heteroatoms. The number of hydrogen-bond acceptors (Lipinski definition) is 3. The number of ether oxygens (including phenoxy) is 1. The quantitative estimate of drug-likeness (QED) is 0.733. The summed E-state index contributed by atoms with van der Waals surface area (Å²) in [5.41, 5.74) is 1.43. The SMILES string of the molecule is CCCC(CCO)CNC1CC(c2ccc(OC)cc2)C1. The predicted molar refractivity (Wildman–Crippen MR) is 86.9 cm³/mol. The summed E-state index contributed by atoms with van der Waals surface area (Å²) < 4.78 is 5.20. The fourth-order valence-electron chi connectivity index (χ4n) is 3.21. The molecule has 1 saturated carbocycles. The van der Waals surface area contributed by atoms with Crippen molar-refractivity contribution >= 4 is 0 Å². The van der Waals surface area contributed by atoms with Gasteiger partial charge in [0.05, 0.1) is 7.11 Å². The molecule has 0 bridgehead atoms. The van der Waals surface area contributed by atoms with Gasteiger partial charge in [-0.05, 0) is 61.8 Å². The molecule has 0 radical (unpaired) electrons. The van der Waals surface area contributed by atoms with Crippen LogP contribution in [0.25, 0.3) is 0 Å². The highest BCUT2D eigenvalue weighted by Gasteiger charge is 2.30. The van der Waals surface area contributed by atoms with E-state index in [9.17, 15) is 0 Å². The molecule has 1 aromatic carbocycles. The fourth-order valence-corrected chi connectivity index (χ4v) is 3.21. The summed E-state index contributed by atoms with van der Waals surface area (Å²) in [4.78, 5) is 0. The van der Waals surface area contributed by atoms with Crippen LogP contribution in [0.2, 0.25) is 0 Å². The van der Waals surface area contributed by atoms with Crippen molar-refractivity contribution in [2.75, 3.05) is 20.3 Å². The Morgan fingerprint density at radius 1 is 1.24 bits per heavy atom. The molecule has 0 spiro atoms. The maximum Gasteiger partial charge on any atom is 0.118 e. The first kappa shape index (κ1) is 16.3. The zero-order chi connectivity index (χ0) is 15.1. The molecule has 0 heterocycles. The summed E-state index contributed by atoms with van der Waals surface area (Å²) in [6.07, 6.45) is 5.79. The lowest BCUT2D eigenvalue weighted by Crippen LogP contribution is -2.42. The van der Waals surface area contributed by atoms with Gasteiger partial charge in [-0.25, -0.2) is 0 Å². The molecule has 0 aromatic heterocycles. The standard InChI is InChI=1S/C18H29NO2/c1-3-4-14(9-10-20)13-19-17-11-16(12-17)15-5-7-18(21-2)8-6-15/h5-8,14,16-17,19-20H,3-4,9-13H2,1-2H3. The lowest BCUT2D eigenvalue weighted by atomic mass is 9.75. The molecular formula is C18H29NO2. The van der Waals surface area contributed by atoms with Crippen molar-refractivity contribution in [2.45, 2.75) is 51.0 Å². The summed E-state index contributed by atoms with van der Waals surface area (Å²) >= 11 is 0. The van der Waals surface area contributed by atoms with Gasteiger partial charge in [0.2, 0.25) is 0 Å². The lowest BCUT2D eigenvalue weighted by molar-refractivity contribution is 0.228. The lowest BCUT2D eigenvalue weighted by Gasteiger charge is -2.37. The fraction of sp³-hybridized carbons (Fsp3) is 0.667. The van der Waals surface area contributed by atoms with Crippen LogP contribution in [-0.4, -0.2) is 31.4 Å². The molecule has 21 heavy (non-hydrogen) atoms. The van der Waals surface area contributed by atoms with Gasteiger partial charge in [0.1, 0.15) is 5.75 Å². The molecule has 1 aliphatic rings. The highest BCUT2D eigenvalue weighted by molar-refractivity contribution is 5.30. The van der Waals surface area contributed by atoms with E-state index >= 15 is 0 Å². The third-order valence-electron chi connectivity index (χ3n) is 4.65. The van der Waals surface area contributed by atoms with Crippen LogP contribution < -0.4 is 10.1 Å². The third-order valence-corrected chi connectivity index (χ3v) is 4.65.